The summed E-state index contributed by atoms with van der Waals surface area (Å²) in [5.74, 6) is 0.119. The fourth-order valence-electron chi connectivity index (χ4n) is 0.563. The average Bonchev–Trinajstić information content (AvgIpc) is 1.88. The highest BCUT2D eigenvalue weighted by Crippen LogP contribution is 1.99. The largest absolute Gasteiger partial charge is 0.237 e. The van der Waals surface area contributed by atoms with Gasteiger partial charge in [-0.1, -0.05) is 0 Å². The van der Waals surface area contributed by atoms with E-state index in [1.54, 1.807) is 18.5 Å². The molecule has 0 radical (unpaired) electrons. The number of rotatable bonds is 1. The third-order valence-corrected chi connectivity index (χ3v) is 0.914. The molecule has 3 heteroatoms. The monoisotopic (exact) mass is 138 g/mol. The van der Waals surface area contributed by atoms with Gasteiger partial charge in [-0.05, 0) is 13.0 Å². The van der Waals surface area contributed by atoms with Crippen LogP contribution >= 0.6 is 0 Å². The quantitative estimate of drug-likeness (QED) is 0.591. The lowest BCUT2D eigenvalue weighted by Gasteiger charge is -1.87. The van der Waals surface area contributed by atoms with Gasteiger partial charge in [-0.25, -0.2) is 14.4 Å². The molecule has 0 saturated carbocycles. The Bertz CT molecular complexity index is 227. The Morgan fingerprint density at radius 1 is 1.50 bits per heavy atom. The first-order valence-corrected chi connectivity index (χ1v) is 2.90. The maximum absolute atomic E-state index is 12.2. The maximum atomic E-state index is 12.2. The van der Waals surface area contributed by atoms with Crippen LogP contribution in [-0.2, 0) is 0 Å². The van der Waals surface area contributed by atoms with Crippen LogP contribution in [0.2, 0.25) is 0 Å². The van der Waals surface area contributed by atoms with Crippen molar-refractivity contribution >= 4 is 6.08 Å². The molecule has 1 aromatic rings. The Kier molecular flexibility index (Phi) is 2.10. The van der Waals surface area contributed by atoms with E-state index in [0.717, 1.165) is 0 Å². The van der Waals surface area contributed by atoms with Crippen molar-refractivity contribution in [2.24, 2.45) is 0 Å². The van der Waals surface area contributed by atoms with Crippen molar-refractivity contribution in [2.75, 3.05) is 0 Å². The standard InChI is InChI=1S/C7H7FN2/c1-6(8)5-7-9-3-2-4-10-7/h2-5H,1H3/b6-5-. The number of aromatic nitrogens is 2. The Morgan fingerprint density at radius 3 is 2.60 bits per heavy atom. The van der Waals surface area contributed by atoms with Gasteiger partial charge in [0, 0.05) is 18.5 Å². The zero-order valence-electron chi connectivity index (χ0n) is 5.58. The molecule has 1 heterocycles. The van der Waals surface area contributed by atoms with Crippen molar-refractivity contribution in [1.29, 1.82) is 0 Å². The van der Waals surface area contributed by atoms with E-state index >= 15 is 0 Å². The van der Waals surface area contributed by atoms with E-state index in [-0.39, 0.29) is 5.83 Å². The summed E-state index contributed by atoms with van der Waals surface area (Å²) in [6.07, 6.45) is 4.42. The molecule has 2 nitrogen and oxygen atoms in total. The van der Waals surface area contributed by atoms with Gasteiger partial charge in [-0.2, -0.15) is 0 Å². The van der Waals surface area contributed by atoms with E-state index < -0.39 is 0 Å². The molecule has 0 aliphatic carbocycles. The van der Waals surface area contributed by atoms with E-state index in [1.807, 2.05) is 0 Å². The van der Waals surface area contributed by atoms with Gasteiger partial charge in [0.25, 0.3) is 0 Å². The summed E-state index contributed by atoms with van der Waals surface area (Å²) in [4.78, 5) is 7.58. The molecule has 10 heavy (non-hydrogen) atoms. The second-order valence-corrected chi connectivity index (χ2v) is 1.84. The van der Waals surface area contributed by atoms with Crippen LogP contribution in [0.4, 0.5) is 4.39 Å². The van der Waals surface area contributed by atoms with Gasteiger partial charge in [0.05, 0.1) is 0 Å². The third kappa shape index (κ3) is 1.93. The second kappa shape index (κ2) is 3.06. The molecule has 0 saturated heterocycles. The summed E-state index contributed by atoms with van der Waals surface area (Å²) < 4.78 is 12.2. The number of allylic oxidation sites excluding steroid dienone is 1. The van der Waals surface area contributed by atoms with Crippen molar-refractivity contribution in [3.8, 4) is 0 Å². The van der Waals surface area contributed by atoms with Gasteiger partial charge < -0.3 is 0 Å². The van der Waals surface area contributed by atoms with Crippen molar-refractivity contribution in [1.82, 2.24) is 9.97 Å². The highest BCUT2D eigenvalue weighted by Gasteiger charge is 1.87. The number of nitrogens with zero attached hydrogens (tertiary/aromatic N) is 2. The minimum absolute atomic E-state index is 0.286. The summed E-state index contributed by atoms with van der Waals surface area (Å²) in [5.41, 5.74) is 0. The summed E-state index contributed by atoms with van der Waals surface area (Å²) in [6.45, 7) is 1.36. The highest BCUT2D eigenvalue weighted by atomic mass is 19.1. The molecule has 1 aromatic heterocycles. The topological polar surface area (TPSA) is 25.8 Å². The molecule has 52 valence electrons. The summed E-state index contributed by atoms with van der Waals surface area (Å²) in [6, 6.07) is 1.69. The Morgan fingerprint density at radius 2 is 2.10 bits per heavy atom. The maximum Gasteiger partial charge on any atom is 0.154 e. The van der Waals surface area contributed by atoms with Crippen LogP contribution in [-0.4, -0.2) is 9.97 Å². The van der Waals surface area contributed by atoms with Gasteiger partial charge in [-0.3, -0.25) is 0 Å². The van der Waals surface area contributed by atoms with Gasteiger partial charge in [-0.15, -0.1) is 0 Å². The molecule has 0 amide bonds. The predicted molar refractivity (Wildman–Crippen MR) is 36.8 cm³/mol. The average molecular weight is 138 g/mol. The molecule has 0 spiro atoms. The minimum atomic E-state index is -0.286. The van der Waals surface area contributed by atoms with Crippen LogP contribution in [0, 0.1) is 0 Å². The molecule has 0 aliphatic heterocycles. The molecule has 1 rings (SSSR count). The van der Waals surface area contributed by atoms with Crippen molar-refractivity contribution in [2.45, 2.75) is 6.92 Å². The van der Waals surface area contributed by atoms with Gasteiger partial charge >= 0.3 is 0 Å². The molecule has 0 bridgehead atoms. The fraction of sp³-hybridized carbons (Fsp3) is 0.143. The lowest BCUT2D eigenvalue weighted by Crippen LogP contribution is -1.83. The van der Waals surface area contributed by atoms with Gasteiger partial charge in [0.2, 0.25) is 0 Å². The van der Waals surface area contributed by atoms with Crippen molar-refractivity contribution in [3.63, 3.8) is 0 Å². The molecular formula is C7H7FN2. The molecule has 0 unspecified atom stereocenters. The van der Waals surface area contributed by atoms with Crippen LogP contribution < -0.4 is 0 Å². The first kappa shape index (κ1) is 6.86. The fourth-order valence-corrected chi connectivity index (χ4v) is 0.563. The molecule has 0 atom stereocenters. The van der Waals surface area contributed by atoms with Crippen LogP contribution in [0.1, 0.15) is 12.7 Å². The van der Waals surface area contributed by atoms with E-state index in [0.29, 0.717) is 5.82 Å². The molecule has 0 aliphatic rings. The lowest BCUT2D eigenvalue weighted by molar-refractivity contribution is 0.647. The van der Waals surface area contributed by atoms with Crippen LogP contribution in [0.3, 0.4) is 0 Å². The number of hydrogen-bond acceptors (Lipinski definition) is 2. The normalized spacial score (nSPS) is 11.6. The van der Waals surface area contributed by atoms with Crippen LogP contribution in [0.15, 0.2) is 24.3 Å². The molecule has 0 aromatic carbocycles. The molecular weight excluding hydrogens is 131 g/mol. The molecule has 0 N–H and O–H groups in total. The zero-order chi connectivity index (χ0) is 7.40. The first-order chi connectivity index (χ1) is 4.79. The smallest absolute Gasteiger partial charge is 0.154 e. The van der Waals surface area contributed by atoms with Crippen LogP contribution in [0.5, 0.6) is 0 Å². The number of hydrogen-bond donors (Lipinski definition) is 0. The summed E-state index contributed by atoms with van der Waals surface area (Å²) in [5, 5.41) is 0. The highest BCUT2D eigenvalue weighted by molar-refractivity contribution is 5.40. The van der Waals surface area contributed by atoms with E-state index in [2.05, 4.69) is 9.97 Å². The van der Waals surface area contributed by atoms with E-state index in [1.165, 1.54) is 13.0 Å². The van der Waals surface area contributed by atoms with Crippen LogP contribution in [0.25, 0.3) is 6.08 Å². The predicted octanol–water partition coefficient (Wildman–Crippen LogP) is 1.81. The first-order valence-electron chi connectivity index (χ1n) is 2.90. The van der Waals surface area contributed by atoms with Gasteiger partial charge in [0.15, 0.2) is 5.82 Å². The zero-order valence-corrected chi connectivity index (χ0v) is 5.58. The summed E-state index contributed by atoms with van der Waals surface area (Å²) >= 11 is 0. The summed E-state index contributed by atoms with van der Waals surface area (Å²) in [7, 11) is 0. The Labute approximate surface area is 58.4 Å². The van der Waals surface area contributed by atoms with Crippen molar-refractivity contribution in [3.05, 3.63) is 30.1 Å². The van der Waals surface area contributed by atoms with E-state index in [9.17, 15) is 4.39 Å². The van der Waals surface area contributed by atoms with E-state index in [4.69, 9.17) is 0 Å². The minimum Gasteiger partial charge on any atom is -0.237 e. The third-order valence-electron chi connectivity index (χ3n) is 0.914. The Balaban J connectivity index is 2.87. The lowest BCUT2D eigenvalue weighted by atomic mass is 10.4. The van der Waals surface area contributed by atoms with Crippen molar-refractivity contribution < 1.29 is 4.39 Å². The Hall–Kier alpha value is -1.25. The SMILES string of the molecule is C/C(F)=C/c1ncccn1. The second-order valence-electron chi connectivity index (χ2n) is 1.84. The van der Waals surface area contributed by atoms with Gasteiger partial charge in [0.1, 0.15) is 5.83 Å². The molecule has 0 fully saturated rings. The number of halogens is 1.